The SMILES string of the molecule is CC[C@H](C)N(CC(=O)N1CCc2sccc2[C@H]1c1ccc(F)cc1)C(=O)CCl. The minimum atomic E-state index is -0.307. The lowest BCUT2D eigenvalue weighted by atomic mass is 9.93. The minimum absolute atomic E-state index is 0.00226. The Morgan fingerprint density at radius 2 is 2.04 bits per heavy atom. The number of amides is 2. The largest absolute Gasteiger partial charge is 0.330 e. The van der Waals surface area contributed by atoms with Crippen LogP contribution in [0.25, 0.3) is 0 Å². The highest BCUT2D eigenvalue weighted by atomic mass is 35.5. The van der Waals surface area contributed by atoms with Gasteiger partial charge in [-0.25, -0.2) is 4.39 Å². The molecule has 0 unspecified atom stereocenters. The molecular weight excluding hydrogens is 399 g/mol. The molecular formula is C21H24ClFN2O2S. The van der Waals surface area contributed by atoms with Crippen LogP contribution in [0.5, 0.6) is 0 Å². The van der Waals surface area contributed by atoms with Gasteiger partial charge in [0.1, 0.15) is 18.2 Å². The summed E-state index contributed by atoms with van der Waals surface area (Å²) in [6.07, 6.45) is 1.52. The Kier molecular flexibility index (Phi) is 6.73. The molecule has 0 saturated carbocycles. The second-order valence-corrected chi connectivity index (χ2v) is 8.27. The number of rotatable bonds is 6. The summed E-state index contributed by atoms with van der Waals surface area (Å²) < 4.78 is 13.4. The molecule has 1 aliphatic heterocycles. The summed E-state index contributed by atoms with van der Waals surface area (Å²) >= 11 is 7.44. The zero-order valence-electron chi connectivity index (χ0n) is 16.0. The van der Waals surface area contributed by atoms with Crippen LogP contribution in [-0.4, -0.2) is 46.6 Å². The average Bonchev–Trinajstić information content (AvgIpc) is 3.19. The lowest BCUT2D eigenvalue weighted by Gasteiger charge is -2.38. The van der Waals surface area contributed by atoms with Crippen molar-refractivity contribution in [1.82, 2.24) is 9.80 Å². The molecule has 2 atom stereocenters. The van der Waals surface area contributed by atoms with Crippen molar-refractivity contribution in [1.29, 1.82) is 0 Å². The van der Waals surface area contributed by atoms with E-state index in [2.05, 4.69) is 0 Å². The topological polar surface area (TPSA) is 40.6 Å². The van der Waals surface area contributed by atoms with Gasteiger partial charge in [0.25, 0.3) is 0 Å². The highest BCUT2D eigenvalue weighted by Gasteiger charge is 2.34. The van der Waals surface area contributed by atoms with Crippen molar-refractivity contribution in [2.45, 2.75) is 38.8 Å². The number of alkyl halides is 1. The second-order valence-electron chi connectivity index (χ2n) is 7.00. The van der Waals surface area contributed by atoms with Gasteiger partial charge in [-0.3, -0.25) is 9.59 Å². The van der Waals surface area contributed by atoms with Crippen LogP contribution in [-0.2, 0) is 16.0 Å². The number of carbonyl (C=O) groups excluding carboxylic acids is 2. The quantitative estimate of drug-likeness (QED) is 0.654. The molecule has 0 bridgehead atoms. The van der Waals surface area contributed by atoms with Crippen LogP contribution in [0.2, 0.25) is 0 Å². The molecule has 0 saturated heterocycles. The first-order valence-corrected chi connectivity index (χ1v) is 10.8. The molecule has 1 aromatic carbocycles. The van der Waals surface area contributed by atoms with Gasteiger partial charge in [0.2, 0.25) is 11.8 Å². The van der Waals surface area contributed by atoms with Crippen LogP contribution in [0, 0.1) is 5.82 Å². The van der Waals surface area contributed by atoms with E-state index in [4.69, 9.17) is 11.6 Å². The van der Waals surface area contributed by atoms with Crippen molar-refractivity contribution in [3.63, 3.8) is 0 Å². The molecule has 1 aliphatic rings. The van der Waals surface area contributed by atoms with Crippen LogP contribution in [0.4, 0.5) is 4.39 Å². The van der Waals surface area contributed by atoms with Crippen molar-refractivity contribution in [2.75, 3.05) is 19.0 Å². The third kappa shape index (κ3) is 4.23. The van der Waals surface area contributed by atoms with E-state index in [1.807, 2.05) is 25.3 Å². The third-order valence-electron chi connectivity index (χ3n) is 5.34. The molecule has 0 radical (unpaired) electrons. The summed E-state index contributed by atoms with van der Waals surface area (Å²) in [4.78, 5) is 30.1. The van der Waals surface area contributed by atoms with Crippen molar-refractivity contribution in [2.24, 2.45) is 0 Å². The molecule has 7 heteroatoms. The Labute approximate surface area is 173 Å². The molecule has 0 fully saturated rings. The average molecular weight is 423 g/mol. The molecule has 3 rings (SSSR count). The highest BCUT2D eigenvalue weighted by molar-refractivity contribution is 7.10. The third-order valence-corrected chi connectivity index (χ3v) is 6.56. The van der Waals surface area contributed by atoms with Crippen LogP contribution >= 0.6 is 22.9 Å². The molecule has 2 aromatic rings. The van der Waals surface area contributed by atoms with Gasteiger partial charge in [-0.05, 0) is 54.5 Å². The van der Waals surface area contributed by atoms with Crippen LogP contribution < -0.4 is 0 Å². The lowest BCUT2D eigenvalue weighted by Crippen LogP contribution is -2.49. The smallest absolute Gasteiger partial charge is 0.243 e. The van der Waals surface area contributed by atoms with E-state index in [9.17, 15) is 14.0 Å². The summed E-state index contributed by atoms with van der Waals surface area (Å²) in [5.41, 5.74) is 1.95. The molecule has 0 N–H and O–H groups in total. The Bertz CT molecular complexity index is 839. The van der Waals surface area contributed by atoms with E-state index < -0.39 is 0 Å². The normalized spacial score (nSPS) is 17.1. The van der Waals surface area contributed by atoms with E-state index >= 15 is 0 Å². The number of halogens is 2. The summed E-state index contributed by atoms with van der Waals surface area (Å²) in [5, 5.41) is 2.03. The number of hydrogen-bond acceptors (Lipinski definition) is 3. The van der Waals surface area contributed by atoms with Crippen molar-refractivity contribution >= 4 is 34.8 Å². The van der Waals surface area contributed by atoms with Crippen molar-refractivity contribution < 1.29 is 14.0 Å². The van der Waals surface area contributed by atoms with Crippen molar-refractivity contribution in [3.05, 3.63) is 57.5 Å². The van der Waals surface area contributed by atoms with Gasteiger partial charge in [0.05, 0.1) is 6.04 Å². The first-order chi connectivity index (χ1) is 13.5. The van der Waals surface area contributed by atoms with Gasteiger partial charge in [0.15, 0.2) is 0 Å². The Hall–Kier alpha value is -1.92. The first-order valence-electron chi connectivity index (χ1n) is 9.42. The molecule has 2 amide bonds. The maximum atomic E-state index is 13.4. The summed E-state index contributed by atoms with van der Waals surface area (Å²) in [6, 6.07) is 7.98. The number of thiophene rings is 1. The second kappa shape index (κ2) is 9.05. The van der Waals surface area contributed by atoms with Crippen molar-refractivity contribution in [3.8, 4) is 0 Å². The fourth-order valence-electron chi connectivity index (χ4n) is 3.61. The molecule has 2 heterocycles. The number of carbonyl (C=O) groups is 2. The molecule has 4 nitrogen and oxygen atoms in total. The van der Waals surface area contributed by atoms with Gasteiger partial charge in [0, 0.05) is 17.5 Å². The highest BCUT2D eigenvalue weighted by Crippen LogP contribution is 2.38. The van der Waals surface area contributed by atoms with E-state index in [0.717, 1.165) is 24.0 Å². The summed E-state index contributed by atoms with van der Waals surface area (Å²) in [6.45, 7) is 4.46. The predicted molar refractivity (Wildman–Crippen MR) is 110 cm³/mol. The minimum Gasteiger partial charge on any atom is -0.330 e. The van der Waals surface area contributed by atoms with Crippen LogP contribution in [0.15, 0.2) is 35.7 Å². The lowest BCUT2D eigenvalue weighted by molar-refractivity contribution is -0.142. The molecule has 1 aromatic heterocycles. The zero-order chi connectivity index (χ0) is 20.3. The molecule has 150 valence electrons. The Balaban J connectivity index is 1.91. The molecule has 0 spiro atoms. The fourth-order valence-corrected chi connectivity index (χ4v) is 4.67. The number of benzene rings is 1. The number of hydrogen-bond donors (Lipinski definition) is 0. The standard InChI is InChI=1S/C21H24ClFN2O2S/c1-3-14(2)25(19(26)12-22)13-20(27)24-10-8-18-17(9-11-28-18)21(24)15-4-6-16(23)7-5-15/h4-7,9,11,14,21H,3,8,10,12-13H2,1-2H3/t14-,21+/m0/s1. The Morgan fingerprint density at radius 1 is 1.32 bits per heavy atom. The fraction of sp³-hybridized carbons (Fsp3) is 0.429. The maximum Gasteiger partial charge on any atom is 0.243 e. The zero-order valence-corrected chi connectivity index (χ0v) is 17.6. The Morgan fingerprint density at radius 3 is 2.68 bits per heavy atom. The van der Waals surface area contributed by atoms with Crippen LogP contribution in [0.1, 0.15) is 42.3 Å². The predicted octanol–water partition coefficient (Wildman–Crippen LogP) is 4.23. The van der Waals surface area contributed by atoms with Gasteiger partial charge in [-0.2, -0.15) is 0 Å². The first kappa shape index (κ1) is 20.8. The van der Waals surface area contributed by atoms with E-state index in [-0.39, 0.29) is 42.1 Å². The molecule has 28 heavy (non-hydrogen) atoms. The summed E-state index contributed by atoms with van der Waals surface area (Å²) in [5.74, 6) is -0.812. The van der Waals surface area contributed by atoms with E-state index in [0.29, 0.717) is 6.54 Å². The summed E-state index contributed by atoms with van der Waals surface area (Å²) in [7, 11) is 0. The van der Waals surface area contributed by atoms with Gasteiger partial charge in [-0.15, -0.1) is 22.9 Å². The van der Waals surface area contributed by atoms with E-state index in [1.54, 1.807) is 33.3 Å². The number of nitrogens with zero attached hydrogens (tertiary/aromatic N) is 2. The maximum absolute atomic E-state index is 13.4. The van der Waals surface area contributed by atoms with E-state index in [1.165, 1.54) is 17.0 Å². The van der Waals surface area contributed by atoms with Gasteiger partial charge in [-0.1, -0.05) is 19.1 Å². The monoisotopic (exact) mass is 422 g/mol. The van der Waals surface area contributed by atoms with Gasteiger partial charge >= 0.3 is 0 Å². The van der Waals surface area contributed by atoms with Gasteiger partial charge < -0.3 is 9.80 Å². The molecule has 0 aliphatic carbocycles. The number of fused-ring (bicyclic) bond motifs is 1. The van der Waals surface area contributed by atoms with Crippen LogP contribution in [0.3, 0.4) is 0 Å².